The van der Waals surface area contributed by atoms with Gasteiger partial charge in [-0.2, -0.15) is 0 Å². The fourth-order valence-electron chi connectivity index (χ4n) is 2.83. The van der Waals surface area contributed by atoms with Crippen molar-refractivity contribution < 1.29 is 9.90 Å². The number of anilines is 2. The first kappa shape index (κ1) is 13.7. The highest BCUT2D eigenvalue weighted by atomic mass is 16.4. The van der Waals surface area contributed by atoms with Crippen molar-refractivity contribution in [3.63, 3.8) is 0 Å². The maximum atomic E-state index is 11.1. The van der Waals surface area contributed by atoms with Crippen LogP contribution >= 0.6 is 0 Å². The van der Waals surface area contributed by atoms with Crippen molar-refractivity contribution >= 4 is 17.3 Å². The molecule has 4 heteroatoms. The van der Waals surface area contributed by atoms with Crippen LogP contribution in [0.15, 0.2) is 18.2 Å². The summed E-state index contributed by atoms with van der Waals surface area (Å²) in [6.45, 7) is 0.989. The highest BCUT2D eigenvalue weighted by molar-refractivity contribution is 5.94. The molecule has 1 saturated carbocycles. The van der Waals surface area contributed by atoms with Gasteiger partial charge in [-0.25, -0.2) is 4.79 Å². The van der Waals surface area contributed by atoms with Crippen molar-refractivity contribution in [2.24, 2.45) is 5.92 Å². The second-order valence-electron chi connectivity index (χ2n) is 5.46. The van der Waals surface area contributed by atoms with E-state index in [0.29, 0.717) is 5.69 Å². The molecule has 0 spiro atoms. The predicted octanol–water partition coefficient (Wildman–Crippen LogP) is 2.98. The molecule has 0 aromatic heterocycles. The molecule has 0 saturated heterocycles. The molecule has 0 bridgehead atoms. The summed E-state index contributed by atoms with van der Waals surface area (Å²) >= 11 is 0. The molecule has 0 radical (unpaired) electrons. The molecular weight excluding hydrogens is 240 g/mol. The Labute approximate surface area is 114 Å². The molecule has 19 heavy (non-hydrogen) atoms. The molecule has 0 amide bonds. The van der Waals surface area contributed by atoms with E-state index in [1.54, 1.807) is 12.1 Å². The largest absolute Gasteiger partial charge is 0.478 e. The van der Waals surface area contributed by atoms with Crippen LogP contribution in [0.5, 0.6) is 0 Å². The lowest BCUT2D eigenvalue weighted by atomic mass is 9.89. The number of benzene rings is 1. The number of carboxylic acids is 1. The van der Waals surface area contributed by atoms with E-state index in [4.69, 9.17) is 10.8 Å². The summed E-state index contributed by atoms with van der Waals surface area (Å²) in [6.07, 6.45) is 6.56. The van der Waals surface area contributed by atoms with Crippen molar-refractivity contribution in [2.75, 3.05) is 24.2 Å². The Balaban J connectivity index is 2.07. The monoisotopic (exact) mass is 262 g/mol. The lowest BCUT2D eigenvalue weighted by Gasteiger charge is -2.28. The summed E-state index contributed by atoms with van der Waals surface area (Å²) in [6, 6.07) is 5.24. The molecule has 1 aromatic rings. The third-order valence-electron chi connectivity index (χ3n) is 3.96. The van der Waals surface area contributed by atoms with Gasteiger partial charge >= 0.3 is 5.97 Å². The molecule has 3 N–H and O–H groups in total. The standard InChI is InChI=1S/C15H22N2O2/c1-17(10-11-5-3-2-4-6-11)12-7-8-14(16)13(9-12)15(18)19/h7-9,11H,2-6,10,16H2,1H3,(H,18,19). The van der Waals surface area contributed by atoms with Gasteiger partial charge in [0.05, 0.1) is 5.56 Å². The second-order valence-corrected chi connectivity index (χ2v) is 5.46. The van der Waals surface area contributed by atoms with Gasteiger partial charge < -0.3 is 15.7 Å². The summed E-state index contributed by atoms with van der Waals surface area (Å²) in [5, 5.41) is 9.09. The van der Waals surface area contributed by atoms with Crippen LogP contribution < -0.4 is 10.6 Å². The van der Waals surface area contributed by atoms with Crippen LogP contribution in [-0.2, 0) is 0 Å². The minimum absolute atomic E-state index is 0.188. The third-order valence-corrected chi connectivity index (χ3v) is 3.96. The number of carboxylic acid groups (broad SMARTS) is 1. The zero-order chi connectivity index (χ0) is 13.8. The minimum Gasteiger partial charge on any atom is -0.478 e. The topological polar surface area (TPSA) is 66.6 Å². The number of hydrogen-bond acceptors (Lipinski definition) is 3. The molecule has 2 rings (SSSR count). The van der Waals surface area contributed by atoms with E-state index in [0.717, 1.165) is 18.2 Å². The Bertz CT molecular complexity index is 453. The van der Waals surface area contributed by atoms with Crippen molar-refractivity contribution in [3.05, 3.63) is 23.8 Å². The van der Waals surface area contributed by atoms with Crippen molar-refractivity contribution in [3.8, 4) is 0 Å². The van der Waals surface area contributed by atoms with E-state index >= 15 is 0 Å². The Hall–Kier alpha value is -1.71. The number of aromatic carboxylic acids is 1. The third kappa shape index (κ3) is 3.40. The average molecular weight is 262 g/mol. The fourth-order valence-corrected chi connectivity index (χ4v) is 2.83. The maximum absolute atomic E-state index is 11.1. The molecule has 0 atom stereocenters. The van der Waals surface area contributed by atoms with E-state index < -0.39 is 5.97 Å². The summed E-state index contributed by atoms with van der Waals surface area (Å²) in [5.41, 5.74) is 7.11. The van der Waals surface area contributed by atoms with Gasteiger partial charge in [-0.3, -0.25) is 0 Å². The second kappa shape index (κ2) is 5.95. The Kier molecular flexibility index (Phi) is 4.30. The fraction of sp³-hybridized carbons (Fsp3) is 0.533. The lowest BCUT2D eigenvalue weighted by Crippen LogP contribution is -2.27. The number of carbonyl (C=O) groups is 1. The Morgan fingerprint density at radius 2 is 2.05 bits per heavy atom. The van der Waals surface area contributed by atoms with E-state index in [-0.39, 0.29) is 5.56 Å². The zero-order valence-corrected chi connectivity index (χ0v) is 11.4. The molecule has 4 nitrogen and oxygen atoms in total. The lowest BCUT2D eigenvalue weighted by molar-refractivity contribution is 0.0698. The first-order chi connectivity index (χ1) is 9.08. The average Bonchev–Trinajstić information content (AvgIpc) is 2.40. The molecule has 1 aliphatic carbocycles. The van der Waals surface area contributed by atoms with Crippen molar-refractivity contribution in [2.45, 2.75) is 32.1 Å². The van der Waals surface area contributed by atoms with Crippen LogP contribution in [0.1, 0.15) is 42.5 Å². The zero-order valence-electron chi connectivity index (χ0n) is 11.4. The number of nitrogens with zero attached hydrogens (tertiary/aromatic N) is 1. The van der Waals surface area contributed by atoms with Crippen LogP contribution in [0.3, 0.4) is 0 Å². The first-order valence-electron chi connectivity index (χ1n) is 6.92. The minimum atomic E-state index is -0.967. The normalized spacial score (nSPS) is 16.3. The SMILES string of the molecule is CN(CC1CCCCC1)c1ccc(N)c(C(=O)O)c1. The molecule has 0 heterocycles. The molecule has 0 unspecified atom stereocenters. The van der Waals surface area contributed by atoms with E-state index in [2.05, 4.69) is 4.90 Å². The van der Waals surface area contributed by atoms with Crippen LogP contribution in [0.2, 0.25) is 0 Å². The van der Waals surface area contributed by atoms with E-state index in [1.165, 1.54) is 32.1 Å². The van der Waals surface area contributed by atoms with E-state index in [9.17, 15) is 4.79 Å². The van der Waals surface area contributed by atoms with Gasteiger partial charge in [0.15, 0.2) is 0 Å². The predicted molar refractivity (Wildman–Crippen MR) is 77.7 cm³/mol. The number of rotatable bonds is 4. The summed E-state index contributed by atoms with van der Waals surface area (Å²) in [4.78, 5) is 13.2. The van der Waals surface area contributed by atoms with Crippen molar-refractivity contribution in [1.29, 1.82) is 0 Å². The molecule has 1 aliphatic rings. The summed E-state index contributed by atoms with van der Waals surface area (Å²) < 4.78 is 0. The van der Waals surface area contributed by atoms with Gasteiger partial charge in [0.2, 0.25) is 0 Å². The van der Waals surface area contributed by atoms with E-state index in [1.807, 2.05) is 13.1 Å². The smallest absolute Gasteiger partial charge is 0.337 e. The number of hydrogen-bond donors (Lipinski definition) is 2. The summed E-state index contributed by atoms with van der Waals surface area (Å²) in [7, 11) is 2.02. The summed E-state index contributed by atoms with van der Waals surface area (Å²) in [5.74, 6) is -0.241. The van der Waals surface area contributed by atoms with Gasteiger partial charge in [-0.15, -0.1) is 0 Å². The van der Waals surface area contributed by atoms with Crippen LogP contribution in [0.25, 0.3) is 0 Å². The molecule has 0 aliphatic heterocycles. The quantitative estimate of drug-likeness (QED) is 0.819. The van der Waals surface area contributed by atoms with Gasteiger partial charge in [0, 0.05) is 25.0 Å². The first-order valence-corrected chi connectivity index (χ1v) is 6.92. The van der Waals surface area contributed by atoms with Gasteiger partial charge in [-0.1, -0.05) is 19.3 Å². The molecule has 1 aromatic carbocycles. The highest BCUT2D eigenvalue weighted by Crippen LogP contribution is 2.27. The van der Waals surface area contributed by atoms with Gasteiger partial charge in [0.1, 0.15) is 0 Å². The molecule has 1 fully saturated rings. The molecular formula is C15H22N2O2. The van der Waals surface area contributed by atoms with Gasteiger partial charge in [0.25, 0.3) is 0 Å². The number of nitrogens with two attached hydrogens (primary N) is 1. The van der Waals surface area contributed by atoms with Crippen molar-refractivity contribution in [1.82, 2.24) is 0 Å². The van der Waals surface area contributed by atoms with Gasteiger partial charge in [-0.05, 0) is 37.0 Å². The number of nitrogen functional groups attached to an aromatic ring is 1. The maximum Gasteiger partial charge on any atom is 0.337 e. The van der Waals surface area contributed by atoms with Crippen LogP contribution in [-0.4, -0.2) is 24.7 Å². The Morgan fingerprint density at radius 1 is 1.37 bits per heavy atom. The van der Waals surface area contributed by atoms with Crippen LogP contribution in [0.4, 0.5) is 11.4 Å². The molecule has 104 valence electrons. The van der Waals surface area contributed by atoms with Crippen LogP contribution in [0, 0.1) is 5.92 Å². The Morgan fingerprint density at radius 3 is 2.68 bits per heavy atom. The highest BCUT2D eigenvalue weighted by Gasteiger charge is 2.17.